The molecule has 8 aromatic rings. The third-order valence-electron chi connectivity index (χ3n) is 8.23. The summed E-state index contributed by atoms with van der Waals surface area (Å²) in [5, 5.41) is 35.4. The smallest absolute Gasteiger partial charge is 0.308 e. The Morgan fingerprint density at radius 1 is 0.481 bits per heavy atom. The number of hydrogen-bond donors (Lipinski definition) is 6. The Morgan fingerprint density at radius 3 is 1.35 bits per heavy atom. The summed E-state index contributed by atoms with van der Waals surface area (Å²) >= 11 is 0. The van der Waals surface area contributed by atoms with E-state index in [9.17, 15) is 21.6 Å². The Balaban J connectivity index is 0.959. The molecule has 0 unspecified atom stereocenters. The van der Waals surface area contributed by atoms with Crippen LogP contribution in [0.1, 0.15) is 0 Å². The number of aromatic nitrogens is 8. The zero-order chi connectivity index (χ0) is 37.3. The van der Waals surface area contributed by atoms with Gasteiger partial charge in [0.15, 0.2) is 11.6 Å². The quantitative estimate of drug-likeness (QED) is 0.100. The molecule has 0 saturated carbocycles. The SMILES string of the molecule is O=C(Nc1ccc2ccc(S(=O)(=O)Nc3cccc(-c4nnn[nH]4)c3)cc2c1)Nc1ccc2ccc(S(=O)(=O)Nc3cccc(-c4nnn[nH]4)c3)cc2c1. The van der Waals surface area contributed by atoms with Gasteiger partial charge in [0.1, 0.15) is 0 Å². The maximum Gasteiger partial charge on any atom is 0.323 e. The number of urea groups is 1. The fraction of sp³-hybridized carbons (Fsp3) is 0. The molecule has 268 valence electrons. The predicted octanol–water partition coefficient (Wildman–Crippen LogP) is 5.60. The van der Waals surface area contributed by atoms with Crippen molar-refractivity contribution in [1.82, 2.24) is 41.2 Å². The van der Waals surface area contributed by atoms with Crippen LogP contribution in [0, 0.1) is 0 Å². The van der Waals surface area contributed by atoms with Crippen LogP contribution in [0.3, 0.4) is 0 Å². The minimum absolute atomic E-state index is 0.0218. The summed E-state index contributed by atoms with van der Waals surface area (Å²) in [4.78, 5) is 13.1. The average Bonchev–Trinajstić information content (AvgIpc) is 3.90. The van der Waals surface area contributed by atoms with E-state index in [1.165, 1.54) is 24.3 Å². The van der Waals surface area contributed by atoms with Crippen molar-refractivity contribution in [3.05, 3.63) is 121 Å². The molecule has 54 heavy (non-hydrogen) atoms. The summed E-state index contributed by atoms with van der Waals surface area (Å²) in [5.74, 6) is 0.780. The van der Waals surface area contributed by atoms with Gasteiger partial charge in [0.2, 0.25) is 0 Å². The average molecular weight is 759 g/mol. The van der Waals surface area contributed by atoms with Crippen molar-refractivity contribution < 1.29 is 21.6 Å². The molecule has 0 aliphatic carbocycles. The monoisotopic (exact) mass is 758 g/mol. The van der Waals surface area contributed by atoms with E-state index in [-0.39, 0.29) is 9.79 Å². The zero-order valence-corrected chi connectivity index (χ0v) is 29.2. The molecule has 8 rings (SSSR count). The van der Waals surface area contributed by atoms with Crippen molar-refractivity contribution in [3.8, 4) is 22.8 Å². The number of fused-ring (bicyclic) bond motifs is 2. The normalized spacial score (nSPS) is 11.7. The van der Waals surface area contributed by atoms with Gasteiger partial charge in [0.25, 0.3) is 20.0 Å². The first-order valence-electron chi connectivity index (χ1n) is 16.0. The second-order valence-corrected chi connectivity index (χ2v) is 15.3. The number of benzene rings is 6. The van der Waals surface area contributed by atoms with Crippen molar-refractivity contribution >= 4 is 70.4 Å². The van der Waals surface area contributed by atoms with Crippen molar-refractivity contribution in [2.24, 2.45) is 0 Å². The van der Waals surface area contributed by atoms with E-state index in [1.54, 1.807) is 97.1 Å². The largest absolute Gasteiger partial charge is 0.323 e. The van der Waals surface area contributed by atoms with Gasteiger partial charge in [0, 0.05) is 33.9 Å². The fourth-order valence-corrected chi connectivity index (χ4v) is 7.85. The Morgan fingerprint density at radius 2 is 0.926 bits per heavy atom. The summed E-state index contributed by atoms with van der Waals surface area (Å²) in [6, 6.07) is 32.3. The molecule has 17 nitrogen and oxygen atoms in total. The molecule has 0 bridgehead atoms. The van der Waals surface area contributed by atoms with Gasteiger partial charge in [-0.2, -0.15) is 0 Å². The molecule has 0 atom stereocenters. The van der Waals surface area contributed by atoms with Gasteiger partial charge >= 0.3 is 6.03 Å². The van der Waals surface area contributed by atoms with Gasteiger partial charge in [-0.15, -0.1) is 10.2 Å². The van der Waals surface area contributed by atoms with Gasteiger partial charge in [0.05, 0.1) is 9.79 Å². The van der Waals surface area contributed by atoms with Crippen LogP contribution >= 0.6 is 0 Å². The van der Waals surface area contributed by atoms with Gasteiger partial charge < -0.3 is 10.6 Å². The first kappa shape index (κ1) is 33.9. The van der Waals surface area contributed by atoms with E-state index < -0.39 is 26.1 Å². The molecule has 2 heterocycles. The highest BCUT2D eigenvalue weighted by Crippen LogP contribution is 2.28. The molecular weight excluding hydrogens is 733 g/mol. The second-order valence-electron chi connectivity index (χ2n) is 11.9. The maximum absolute atomic E-state index is 13.3. The van der Waals surface area contributed by atoms with Gasteiger partial charge in [-0.05, 0) is 115 Å². The lowest BCUT2D eigenvalue weighted by Gasteiger charge is -2.12. The summed E-state index contributed by atoms with van der Waals surface area (Å²) in [6.07, 6.45) is 0. The van der Waals surface area contributed by atoms with Crippen LogP contribution in [0.15, 0.2) is 131 Å². The lowest BCUT2D eigenvalue weighted by atomic mass is 10.1. The van der Waals surface area contributed by atoms with Crippen molar-refractivity contribution in [2.75, 3.05) is 20.1 Å². The van der Waals surface area contributed by atoms with Crippen molar-refractivity contribution in [2.45, 2.75) is 9.79 Å². The number of anilines is 4. The maximum atomic E-state index is 13.3. The fourth-order valence-electron chi connectivity index (χ4n) is 5.68. The molecule has 0 spiro atoms. The first-order valence-corrected chi connectivity index (χ1v) is 18.9. The van der Waals surface area contributed by atoms with Crippen LogP contribution < -0.4 is 20.1 Å². The van der Waals surface area contributed by atoms with E-state index in [2.05, 4.69) is 61.3 Å². The molecule has 0 radical (unpaired) electrons. The molecule has 6 aromatic carbocycles. The zero-order valence-electron chi connectivity index (χ0n) is 27.6. The highest BCUT2D eigenvalue weighted by molar-refractivity contribution is 7.93. The Bertz CT molecular complexity index is 2710. The number of hydrogen-bond acceptors (Lipinski definition) is 11. The van der Waals surface area contributed by atoms with Crippen LogP contribution in [-0.2, 0) is 20.0 Å². The van der Waals surface area contributed by atoms with E-state index >= 15 is 0 Å². The third-order valence-corrected chi connectivity index (χ3v) is 11.0. The van der Waals surface area contributed by atoms with E-state index in [1.807, 2.05) is 0 Å². The van der Waals surface area contributed by atoms with E-state index in [0.29, 0.717) is 56.3 Å². The number of nitrogens with zero attached hydrogens (tertiary/aromatic N) is 6. The number of H-pyrrole nitrogens is 2. The molecule has 0 aliphatic heterocycles. The Kier molecular flexibility index (Phi) is 8.60. The summed E-state index contributed by atoms with van der Waals surface area (Å²) < 4.78 is 58.5. The van der Waals surface area contributed by atoms with E-state index in [4.69, 9.17) is 0 Å². The summed E-state index contributed by atoms with van der Waals surface area (Å²) in [5.41, 5.74) is 2.68. The second kappa shape index (κ2) is 13.7. The van der Waals surface area contributed by atoms with Crippen molar-refractivity contribution in [3.63, 3.8) is 0 Å². The molecule has 0 saturated heterocycles. The number of rotatable bonds is 10. The lowest BCUT2D eigenvalue weighted by Crippen LogP contribution is -2.19. The first-order chi connectivity index (χ1) is 26.1. The third kappa shape index (κ3) is 7.24. The molecule has 2 aromatic heterocycles. The molecule has 0 fully saturated rings. The Hall–Kier alpha value is -7.25. The van der Waals surface area contributed by atoms with Crippen molar-refractivity contribution in [1.29, 1.82) is 0 Å². The molecule has 0 aliphatic rings. The van der Waals surface area contributed by atoms with Crippen LogP contribution in [-0.4, -0.2) is 64.1 Å². The van der Waals surface area contributed by atoms with Gasteiger partial charge in [-0.3, -0.25) is 9.44 Å². The van der Waals surface area contributed by atoms with E-state index in [0.717, 1.165) is 10.8 Å². The minimum Gasteiger partial charge on any atom is -0.308 e. The number of amides is 2. The van der Waals surface area contributed by atoms with Gasteiger partial charge in [-0.1, -0.05) is 48.5 Å². The number of carbonyl (C=O) groups excluding carboxylic acids is 1. The van der Waals surface area contributed by atoms with Crippen LogP contribution in [0.4, 0.5) is 27.5 Å². The molecule has 19 heteroatoms. The Labute approximate surface area is 306 Å². The number of carbonyl (C=O) groups is 1. The number of aromatic amines is 2. The highest BCUT2D eigenvalue weighted by Gasteiger charge is 2.18. The van der Waals surface area contributed by atoms with Gasteiger partial charge in [-0.25, -0.2) is 31.8 Å². The standard InChI is InChI=1S/C35H26N12O5S2/c48-35(36-27-11-7-21-9-13-31(19-25(21)17-27)53(49,50)42-29-5-1-3-23(15-29)33-38-44-45-39-33)37-28-12-8-22-10-14-32(20-26(22)18-28)54(51,52)43-30-6-2-4-24(16-30)34-40-46-47-41-34/h1-20,42-43H,(H2,36,37,48)(H,38,39,44,45)(H,40,41,46,47). The summed E-state index contributed by atoms with van der Waals surface area (Å²) in [6.45, 7) is 0. The highest BCUT2D eigenvalue weighted by atomic mass is 32.2. The van der Waals surface area contributed by atoms with Crippen LogP contribution in [0.2, 0.25) is 0 Å². The van der Waals surface area contributed by atoms with Crippen LogP contribution in [0.25, 0.3) is 44.3 Å². The lowest BCUT2D eigenvalue weighted by molar-refractivity contribution is 0.262. The molecule has 2 amide bonds. The topological polar surface area (TPSA) is 242 Å². The number of nitrogens with one attached hydrogen (secondary N) is 6. The summed E-state index contributed by atoms with van der Waals surface area (Å²) in [7, 11) is -7.97. The minimum atomic E-state index is -3.98. The molecule has 6 N–H and O–H groups in total. The van der Waals surface area contributed by atoms with Crippen LogP contribution in [0.5, 0.6) is 0 Å². The molecular formula is C35H26N12O5S2. The predicted molar refractivity (Wildman–Crippen MR) is 201 cm³/mol. The number of sulfonamides is 2. The number of tetrazole rings is 2.